The number of aliphatic hydroxyl groups is 1. The first-order chi connectivity index (χ1) is 12.4. The van der Waals surface area contributed by atoms with Gasteiger partial charge in [-0.3, -0.25) is 9.97 Å². The largest absolute Gasteiger partial charge is 0.431 e. The molecule has 0 fully saturated rings. The van der Waals surface area contributed by atoms with E-state index in [2.05, 4.69) is 15.1 Å². The molecule has 2 aromatic rings. The van der Waals surface area contributed by atoms with Crippen molar-refractivity contribution in [2.75, 3.05) is 9.62 Å². The Morgan fingerprint density at radius 3 is 2.42 bits per heavy atom. The summed E-state index contributed by atoms with van der Waals surface area (Å²) in [6.07, 6.45) is -1.60. The smallest absolute Gasteiger partial charge is 0.371 e. The zero-order valence-corrected chi connectivity index (χ0v) is 15.4. The fourth-order valence-electron chi connectivity index (χ4n) is 2.80. The van der Waals surface area contributed by atoms with Crippen LogP contribution in [-0.2, 0) is 4.74 Å². The lowest BCUT2D eigenvalue weighted by atomic mass is 9.90. The molecule has 0 aromatic carbocycles. The Bertz CT molecular complexity index is 761. The van der Waals surface area contributed by atoms with E-state index >= 15 is 0 Å². The predicted molar refractivity (Wildman–Crippen MR) is 96.7 cm³/mol. The molecular formula is C16H14F3IN4O2. The van der Waals surface area contributed by atoms with Crippen LogP contribution in [-0.4, -0.2) is 37.8 Å². The Balaban J connectivity index is 2.04. The van der Waals surface area contributed by atoms with Crippen LogP contribution in [0.15, 0.2) is 54.2 Å². The number of hydrazone groups is 1. The number of pyridine rings is 2. The van der Waals surface area contributed by atoms with Crippen LogP contribution in [0.5, 0.6) is 0 Å². The van der Waals surface area contributed by atoms with Crippen LogP contribution in [0.25, 0.3) is 0 Å². The molecule has 0 amide bonds. The summed E-state index contributed by atoms with van der Waals surface area (Å²) in [6.45, 7) is 0. The highest BCUT2D eigenvalue weighted by Gasteiger charge is 2.53. The van der Waals surface area contributed by atoms with Crippen LogP contribution in [0.1, 0.15) is 11.7 Å². The Morgan fingerprint density at radius 1 is 1.19 bits per heavy atom. The van der Waals surface area contributed by atoms with Crippen molar-refractivity contribution in [3.8, 4) is 0 Å². The van der Waals surface area contributed by atoms with Crippen molar-refractivity contribution in [1.82, 2.24) is 9.97 Å². The molecule has 0 saturated heterocycles. The van der Waals surface area contributed by atoms with Gasteiger partial charge < -0.3 is 9.84 Å². The van der Waals surface area contributed by atoms with Gasteiger partial charge >= 0.3 is 6.18 Å². The van der Waals surface area contributed by atoms with Gasteiger partial charge in [0, 0.05) is 18.6 Å². The lowest BCUT2D eigenvalue weighted by Gasteiger charge is -2.29. The maximum Gasteiger partial charge on any atom is 0.431 e. The van der Waals surface area contributed by atoms with E-state index in [9.17, 15) is 18.3 Å². The fraction of sp³-hybridized carbons (Fsp3) is 0.312. The number of hydrogen-bond donors (Lipinski definition) is 1. The summed E-state index contributed by atoms with van der Waals surface area (Å²) in [4.78, 5) is 7.81. The molecule has 3 heterocycles. The van der Waals surface area contributed by atoms with Gasteiger partial charge in [-0.25, -0.2) is 5.01 Å². The first-order valence-electron chi connectivity index (χ1n) is 7.54. The Morgan fingerprint density at radius 2 is 1.88 bits per heavy atom. The van der Waals surface area contributed by atoms with Crippen LogP contribution in [0.4, 0.5) is 18.9 Å². The summed E-state index contributed by atoms with van der Waals surface area (Å²) in [7, 11) is 0. The third kappa shape index (κ3) is 3.81. The number of rotatable bonds is 5. The minimum absolute atomic E-state index is 0.137. The quantitative estimate of drug-likeness (QED) is 0.528. The van der Waals surface area contributed by atoms with Gasteiger partial charge in [-0.05, 0) is 23.8 Å². The fourth-order valence-corrected chi connectivity index (χ4v) is 3.19. The highest BCUT2D eigenvalue weighted by Crippen LogP contribution is 2.41. The van der Waals surface area contributed by atoms with Gasteiger partial charge in [-0.1, -0.05) is 28.7 Å². The van der Waals surface area contributed by atoms with Crippen molar-refractivity contribution in [2.24, 2.45) is 11.0 Å². The number of anilines is 1. The van der Waals surface area contributed by atoms with E-state index in [1.165, 1.54) is 30.9 Å². The minimum Gasteiger partial charge on any atom is -0.371 e. The van der Waals surface area contributed by atoms with E-state index in [1.807, 2.05) is 22.6 Å². The van der Waals surface area contributed by atoms with Gasteiger partial charge in [-0.15, -0.1) is 0 Å². The number of alkyl halides is 4. The summed E-state index contributed by atoms with van der Waals surface area (Å²) >= 11 is 1.90. The zero-order chi connectivity index (χ0) is 18.7. The van der Waals surface area contributed by atoms with E-state index < -0.39 is 30.1 Å². The number of nitrogens with zero attached hydrogens (tertiary/aromatic N) is 4. The molecule has 2 aromatic heterocycles. The molecule has 1 N–H and O–H groups in total. The van der Waals surface area contributed by atoms with Crippen LogP contribution >= 0.6 is 22.6 Å². The Labute approximate surface area is 160 Å². The van der Waals surface area contributed by atoms with E-state index in [0.29, 0.717) is 5.56 Å². The molecule has 138 valence electrons. The summed E-state index contributed by atoms with van der Waals surface area (Å²) in [5.74, 6) is -1.44. The molecule has 0 saturated carbocycles. The van der Waals surface area contributed by atoms with Gasteiger partial charge in [0.2, 0.25) is 0 Å². The monoisotopic (exact) mass is 478 g/mol. The van der Waals surface area contributed by atoms with E-state index in [1.54, 1.807) is 18.2 Å². The lowest BCUT2D eigenvalue weighted by molar-refractivity contribution is -0.0717. The molecule has 0 aliphatic carbocycles. The number of halogens is 4. The third-order valence-corrected chi connectivity index (χ3v) is 4.25. The normalized spacial score (nSPS) is 21.6. The predicted octanol–water partition coefficient (Wildman–Crippen LogP) is 3.30. The SMILES string of the molecule is OC1C(C(OCI)c2cccnc2)C(C(F)(F)F)=NN1c1cccnc1. The first-order valence-corrected chi connectivity index (χ1v) is 9.06. The molecule has 0 bridgehead atoms. The second-order valence-corrected chi connectivity index (χ2v) is 6.08. The molecule has 1 aliphatic rings. The average molecular weight is 478 g/mol. The van der Waals surface area contributed by atoms with Gasteiger partial charge in [0.25, 0.3) is 0 Å². The van der Waals surface area contributed by atoms with Gasteiger partial charge in [0.1, 0.15) is 0 Å². The summed E-state index contributed by atoms with van der Waals surface area (Å²) < 4.78 is 46.6. The topological polar surface area (TPSA) is 70.8 Å². The summed E-state index contributed by atoms with van der Waals surface area (Å²) in [6, 6.07) is 6.29. The van der Waals surface area contributed by atoms with Crippen LogP contribution < -0.4 is 5.01 Å². The Kier molecular flexibility index (Phi) is 5.73. The summed E-state index contributed by atoms with van der Waals surface area (Å²) in [5.41, 5.74) is -0.422. The molecule has 1 aliphatic heterocycles. The molecule has 3 unspecified atom stereocenters. The lowest BCUT2D eigenvalue weighted by Crippen LogP contribution is -2.41. The standard InChI is InChI=1S/C16H14F3IN4O2/c17-16(18,19)14-12(13(26-9-20)10-3-1-5-21-7-10)15(25)24(23-14)11-4-2-6-22-8-11/h1-8,12-13,15,25H,9H2. The molecule has 10 heteroatoms. The van der Waals surface area contributed by atoms with Crippen molar-refractivity contribution in [3.63, 3.8) is 0 Å². The van der Waals surface area contributed by atoms with Gasteiger partial charge in [0.05, 0.1) is 28.5 Å². The summed E-state index contributed by atoms with van der Waals surface area (Å²) in [5, 5.41) is 15.2. The molecule has 26 heavy (non-hydrogen) atoms. The van der Waals surface area contributed by atoms with Gasteiger partial charge in [-0.2, -0.15) is 18.3 Å². The minimum atomic E-state index is -4.72. The molecular weight excluding hydrogens is 464 g/mol. The van der Waals surface area contributed by atoms with Crippen LogP contribution in [0, 0.1) is 5.92 Å². The molecule has 3 rings (SSSR count). The zero-order valence-electron chi connectivity index (χ0n) is 13.2. The maximum absolute atomic E-state index is 13.6. The third-order valence-electron chi connectivity index (χ3n) is 3.89. The number of aliphatic hydroxyl groups excluding tert-OH is 1. The molecule has 3 atom stereocenters. The van der Waals surface area contributed by atoms with Crippen molar-refractivity contribution in [3.05, 3.63) is 54.6 Å². The first kappa shape index (κ1) is 19.0. The average Bonchev–Trinajstić information content (AvgIpc) is 2.98. The van der Waals surface area contributed by atoms with Crippen molar-refractivity contribution < 1.29 is 23.0 Å². The number of aromatic nitrogens is 2. The second-order valence-electron chi connectivity index (χ2n) is 5.46. The van der Waals surface area contributed by atoms with Crippen LogP contribution in [0.2, 0.25) is 0 Å². The number of hydrogen-bond acceptors (Lipinski definition) is 6. The van der Waals surface area contributed by atoms with Crippen LogP contribution in [0.3, 0.4) is 0 Å². The highest BCUT2D eigenvalue weighted by atomic mass is 127. The van der Waals surface area contributed by atoms with Crippen molar-refractivity contribution in [1.29, 1.82) is 0 Å². The number of ether oxygens (including phenoxy) is 1. The van der Waals surface area contributed by atoms with Gasteiger partial charge in [0.15, 0.2) is 11.9 Å². The Hall–Kier alpha value is -1.79. The second kappa shape index (κ2) is 7.84. The molecule has 6 nitrogen and oxygen atoms in total. The van der Waals surface area contributed by atoms with E-state index in [-0.39, 0.29) is 10.3 Å². The van der Waals surface area contributed by atoms with E-state index in [4.69, 9.17) is 4.74 Å². The molecule has 0 radical (unpaired) electrons. The molecule has 0 spiro atoms. The van der Waals surface area contributed by atoms with Crippen molar-refractivity contribution in [2.45, 2.75) is 18.5 Å². The highest BCUT2D eigenvalue weighted by molar-refractivity contribution is 14.1. The maximum atomic E-state index is 13.6. The van der Waals surface area contributed by atoms with Crippen molar-refractivity contribution >= 4 is 34.0 Å². The van der Waals surface area contributed by atoms with E-state index in [0.717, 1.165) is 5.01 Å².